The van der Waals surface area contributed by atoms with Crippen LogP contribution in [0.4, 0.5) is 17.6 Å². The lowest BCUT2D eigenvalue weighted by Gasteiger charge is -2.34. The van der Waals surface area contributed by atoms with E-state index in [9.17, 15) is 17.6 Å². The van der Waals surface area contributed by atoms with Gasteiger partial charge >= 0.3 is 6.18 Å². The maximum Gasteiger partial charge on any atom is 0.416 e. The Labute approximate surface area is 165 Å². The van der Waals surface area contributed by atoms with E-state index < -0.39 is 24.1 Å². The van der Waals surface area contributed by atoms with E-state index in [1.807, 2.05) is 0 Å². The molecule has 3 rings (SSSR count). The number of hydrogen-bond acceptors (Lipinski definition) is 4. The van der Waals surface area contributed by atoms with Crippen molar-refractivity contribution in [2.45, 2.75) is 31.5 Å². The minimum Gasteiger partial charge on any atom is -0.349 e. The normalized spacial score (nSPS) is 21.3. The zero-order chi connectivity index (χ0) is 20.3. The van der Waals surface area contributed by atoms with Crippen molar-refractivity contribution in [3.8, 4) is 0 Å². The minimum atomic E-state index is -4.48. The highest BCUT2D eigenvalue weighted by Crippen LogP contribution is 2.34. The van der Waals surface area contributed by atoms with E-state index in [1.165, 1.54) is 17.5 Å². The summed E-state index contributed by atoms with van der Waals surface area (Å²) >= 11 is 4.80. The second-order valence-electron chi connectivity index (χ2n) is 6.50. The molecule has 0 amide bonds. The van der Waals surface area contributed by atoms with Crippen LogP contribution < -0.4 is 5.32 Å². The SMILES string of the molecule is CC(O[C@H]1OCCN[C@H]1c1ccc(F)cc1)c1cc(C=S)cc(C(F)(F)F)c1. The number of hydrogen-bond donors (Lipinski definition) is 1. The Balaban J connectivity index is 1.83. The maximum atomic E-state index is 13.2. The fourth-order valence-electron chi connectivity index (χ4n) is 3.07. The summed E-state index contributed by atoms with van der Waals surface area (Å²) in [4.78, 5) is 0. The molecule has 2 aromatic carbocycles. The zero-order valence-electron chi connectivity index (χ0n) is 15.0. The van der Waals surface area contributed by atoms with Crippen molar-refractivity contribution in [1.82, 2.24) is 5.32 Å². The summed E-state index contributed by atoms with van der Waals surface area (Å²) in [5, 5.41) is 4.44. The Morgan fingerprint density at radius 2 is 1.93 bits per heavy atom. The van der Waals surface area contributed by atoms with Gasteiger partial charge in [0, 0.05) is 11.9 Å². The predicted octanol–water partition coefficient (Wildman–Crippen LogP) is 4.96. The number of morpholine rings is 1. The van der Waals surface area contributed by atoms with Crippen LogP contribution in [-0.4, -0.2) is 24.8 Å². The lowest BCUT2D eigenvalue weighted by molar-refractivity contribution is -0.200. The number of rotatable bonds is 5. The molecule has 3 atom stereocenters. The molecule has 1 fully saturated rings. The summed E-state index contributed by atoms with van der Waals surface area (Å²) in [6, 6.07) is 9.17. The average Bonchev–Trinajstić information content (AvgIpc) is 2.68. The summed E-state index contributed by atoms with van der Waals surface area (Å²) in [6.07, 6.45) is -5.90. The molecule has 0 aromatic heterocycles. The van der Waals surface area contributed by atoms with Crippen molar-refractivity contribution in [2.75, 3.05) is 13.2 Å². The second-order valence-corrected chi connectivity index (χ2v) is 6.74. The number of benzene rings is 2. The average molecular weight is 413 g/mol. The fourth-order valence-corrected chi connectivity index (χ4v) is 3.20. The second kappa shape index (κ2) is 8.65. The Morgan fingerprint density at radius 3 is 2.57 bits per heavy atom. The lowest BCUT2D eigenvalue weighted by atomic mass is 10.0. The van der Waals surface area contributed by atoms with Gasteiger partial charge in [-0.2, -0.15) is 13.2 Å². The molecule has 0 radical (unpaired) electrons. The Morgan fingerprint density at radius 1 is 1.21 bits per heavy atom. The van der Waals surface area contributed by atoms with Crippen LogP contribution in [0.25, 0.3) is 0 Å². The van der Waals surface area contributed by atoms with Crippen molar-refractivity contribution in [1.29, 1.82) is 0 Å². The van der Waals surface area contributed by atoms with Gasteiger partial charge in [0.2, 0.25) is 0 Å². The van der Waals surface area contributed by atoms with E-state index in [2.05, 4.69) is 5.32 Å². The third-order valence-corrected chi connectivity index (χ3v) is 4.77. The van der Waals surface area contributed by atoms with Crippen molar-refractivity contribution < 1.29 is 27.0 Å². The quantitative estimate of drug-likeness (QED) is 0.555. The molecule has 1 heterocycles. The summed E-state index contributed by atoms with van der Waals surface area (Å²) in [7, 11) is 0. The van der Waals surface area contributed by atoms with Gasteiger partial charge in [0.05, 0.1) is 24.3 Å². The molecule has 1 aliphatic rings. The molecule has 8 heteroatoms. The predicted molar refractivity (Wildman–Crippen MR) is 101 cm³/mol. The van der Waals surface area contributed by atoms with Crippen molar-refractivity contribution in [3.05, 3.63) is 70.5 Å². The van der Waals surface area contributed by atoms with Gasteiger partial charge in [-0.15, -0.1) is 0 Å². The summed E-state index contributed by atoms with van der Waals surface area (Å²) < 4.78 is 64.3. The van der Waals surface area contributed by atoms with Gasteiger partial charge in [-0.05, 0) is 53.9 Å². The molecule has 3 nitrogen and oxygen atoms in total. The molecule has 0 spiro atoms. The van der Waals surface area contributed by atoms with Crippen LogP contribution in [-0.2, 0) is 15.7 Å². The fraction of sp³-hybridized carbons (Fsp3) is 0.350. The van der Waals surface area contributed by atoms with E-state index in [4.69, 9.17) is 21.7 Å². The Kier molecular flexibility index (Phi) is 6.44. The first-order chi connectivity index (χ1) is 13.3. The van der Waals surface area contributed by atoms with Gasteiger partial charge in [0.25, 0.3) is 0 Å². The van der Waals surface area contributed by atoms with Crippen LogP contribution in [0, 0.1) is 5.82 Å². The van der Waals surface area contributed by atoms with E-state index in [0.29, 0.717) is 18.7 Å². The third kappa shape index (κ3) is 4.94. The smallest absolute Gasteiger partial charge is 0.349 e. The number of nitrogens with one attached hydrogen (secondary N) is 1. The first-order valence-corrected chi connectivity index (χ1v) is 9.18. The van der Waals surface area contributed by atoms with Crippen LogP contribution in [0.2, 0.25) is 0 Å². The van der Waals surface area contributed by atoms with Crippen LogP contribution in [0.3, 0.4) is 0 Å². The summed E-state index contributed by atoms with van der Waals surface area (Å²) in [5.74, 6) is -0.358. The topological polar surface area (TPSA) is 30.5 Å². The molecule has 2 aromatic rings. The molecule has 1 unspecified atom stereocenters. The summed E-state index contributed by atoms with van der Waals surface area (Å²) in [5.41, 5.74) is 0.613. The standard InChI is InChI=1S/C20H19F4NO2S/c1-12(15-8-13(11-28)9-16(10-15)20(22,23)24)27-19-18(25-6-7-26-19)14-2-4-17(21)5-3-14/h2-5,8-12,18-19,25H,6-7H2,1H3/t12?,18-,19+/m0/s1. The van der Waals surface area contributed by atoms with E-state index >= 15 is 0 Å². The molecule has 150 valence electrons. The maximum absolute atomic E-state index is 13.2. The zero-order valence-corrected chi connectivity index (χ0v) is 15.8. The van der Waals surface area contributed by atoms with E-state index in [-0.39, 0.29) is 17.4 Å². The van der Waals surface area contributed by atoms with Crippen molar-refractivity contribution in [3.63, 3.8) is 0 Å². The van der Waals surface area contributed by atoms with Crippen LogP contribution in [0.1, 0.15) is 41.3 Å². The molecule has 0 aliphatic carbocycles. The molecule has 1 N–H and O–H groups in total. The highest BCUT2D eigenvalue weighted by Gasteiger charge is 2.33. The first kappa shape index (κ1) is 20.9. The van der Waals surface area contributed by atoms with Crippen LogP contribution >= 0.6 is 12.2 Å². The Hall–Kier alpha value is -1.87. The molecule has 1 aliphatic heterocycles. The van der Waals surface area contributed by atoms with Gasteiger partial charge in [-0.1, -0.05) is 24.4 Å². The highest BCUT2D eigenvalue weighted by molar-refractivity contribution is 7.79. The Bertz CT molecular complexity index is 826. The van der Waals surface area contributed by atoms with Gasteiger partial charge < -0.3 is 14.8 Å². The van der Waals surface area contributed by atoms with E-state index in [0.717, 1.165) is 17.7 Å². The summed E-state index contributed by atoms with van der Waals surface area (Å²) in [6.45, 7) is 2.63. The molecule has 1 saturated heterocycles. The molecular weight excluding hydrogens is 394 g/mol. The van der Waals surface area contributed by atoms with Crippen LogP contribution in [0.5, 0.6) is 0 Å². The number of ether oxygens (including phenoxy) is 2. The van der Waals surface area contributed by atoms with Gasteiger partial charge in [-0.3, -0.25) is 0 Å². The molecule has 0 bridgehead atoms. The van der Waals surface area contributed by atoms with Crippen molar-refractivity contribution >= 4 is 17.6 Å². The minimum absolute atomic E-state index is 0.285. The van der Waals surface area contributed by atoms with Crippen molar-refractivity contribution in [2.24, 2.45) is 0 Å². The van der Waals surface area contributed by atoms with E-state index in [1.54, 1.807) is 25.1 Å². The first-order valence-electron chi connectivity index (χ1n) is 8.71. The lowest BCUT2D eigenvalue weighted by Crippen LogP contribution is -2.43. The third-order valence-electron chi connectivity index (χ3n) is 4.50. The van der Waals surface area contributed by atoms with Gasteiger partial charge in [-0.25, -0.2) is 4.39 Å². The highest BCUT2D eigenvalue weighted by atomic mass is 32.1. The molecule has 28 heavy (non-hydrogen) atoms. The van der Waals surface area contributed by atoms with Gasteiger partial charge in [0.15, 0.2) is 6.29 Å². The molecule has 0 saturated carbocycles. The largest absolute Gasteiger partial charge is 0.416 e. The number of alkyl halides is 3. The number of thiocarbonyl (C=S) groups is 1. The van der Waals surface area contributed by atoms with Crippen LogP contribution in [0.15, 0.2) is 42.5 Å². The monoisotopic (exact) mass is 413 g/mol. The number of halogens is 4. The van der Waals surface area contributed by atoms with Gasteiger partial charge in [0.1, 0.15) is 5.82 Å². The molecular formula is C20H19F4NO2S.